The molecule has 1 aromatic heterocycles. The number of rotatable bonds is 3. The highest BCUT2D eigenvalue weighted by molar-refractivity contribution is 5.49. The van der Waals surface area contributed by atoms with E-state index >= 15 is 0 Å². The number of nitrogens with zero attached hydrogens (tertiary/aromatic N) is 3. The van der Waals surface area contributed by atoms with Crippen LogP contribution in [-0.4, -0.2) is 43.5 Å². The van der Waals surface area contributed by atoms with Crippen molar-refractivity contribution in [2.24, 2.45) is 0 Å². The average Bonchev–Trinajstić information content (AvgIpc) is 2.37. The predicted molar refractivity (Wildman–Crippen MR) is 72.0 cm³/mol. The molecule has 2 heterocycles. The largest absolute Gasteiger partial charge is 0.382 e. The van der Waals surface area contributed by atoms with Gasteiger partial charge in [0, 0.05) is 32.1 Å². The van der Waals surface area contributed by atoms with Gasteiger partial charge in [-0.15, -0.1) is 0 Å². The van der Waals surface area contributed by atoms with Crippen LogP contribution in [0.25, 0.3) is 0 Å². The Hall–Kier alpha value is -1.64. The lowest BCUT2D eigenvalue weighted by Crippen LogP contribution is -2.54. The molecular weight excluding hydrogens is 242 g/mol. The minimum absolute atomic E-state index is 0.0347. The van der Waals surface area contributed by atoms with Crippen molar-refractivity contribution in [2.75, 3.05) is 31.7 Å². The molecule has 0 radical (unpaired) electrons. The number of hydrogen-bond acceptors (Lipinski definition) is 5. The van der Waals surface area contributed by atoms with E-state index in [1.54, 1.807) is 13.3 Å². The van der Waals surface area contributed by atoms with Gasteiger partial charge in [0.15, 0.2) is 0 Å². The minimum Gasteiger partial charge on any atom is -0.382 e. The third-order valence-electron chi connectivity index (χ3n) is 3.06. The molecule has 5 nitrogen and oxygen atoms in total. The molecule has 0 aliphatic carbocycles. The summed E-state index contributed by atoms with van der Waals surface area (Å²) in [6.07, 6.45) is 1.70. The number of morpholine rings is 1. The van der Waals surface area contributed by atoms with Gasteiger partial charge in [0.05, 0.1) is 18.3 Å². The van der Waals surface area contributed by atoms with Gasteiger partial charge >= 0.3 is 0 Å². The Kier molecular flexibility index (Phi) is 4.03. The van der Waals surface area contributed by atoms with Gasteiger partial charge in [0.25, 0.3) is 0 Å². The van der Waals surface area contributed by atoms with E-state index in [2.05, 4.69) is 29.8 Å². The molecule has 0 bridgehead atoms. The van der Waals surface area contributed by atoms with E-state index in [1.165, 1.54) is 0 Å². The minimum atomic E-state index is -0.239. The summed E-state index contributed by atoms with van der Waals surface area (Å²) in [5, 5.41) is 8.92. The second kappa shape index (κ2) is 5.55. The van der Waals surface area contributed by atoms with Gasteiger partial charge in [0.2, 0.25) is 0 Å². The van der Waals surface area contributed by atoms with Gasteiger partial charge < -0.3 is 14.4 Å². The van der Waals surface area contributed by atoms with Gasteiger partial charge in [-0.25, -0.2) is 4.98 Å². The number of aromatic nitrogens is 1. The fourth-order valence-corrected chi connectivity index (χ4v) is 2.44. The Balaban J connectivity index is 2.20. The first-order valence-electron chi connectivity index (χ1n) is 6.32. The smallest absolute Gasteiger partial charge is 0.142 e. The van der Waals surface area contributed by atoms with E-state index in [9.17, 15) is 0 Å². The SMILES string of the molecule is COCC1CN(c2ccnc(C#N)c2)CC(C)(C)O1. The van der Waals surface area contributed by atoms with E-state index in [1.807, 2.05) is 12.1 Å². The lowest BCUT2D eigenvalue weighted by atomic mass is 10.0. The molecule has 1 unspecified atom stereocenters. The van der Waals surface area contributed by atoms with Crippen LogP contribution in [0.3, 0.4) is 0 Å². The van der Waals surface area contributed by atoms with Crippen LogP contribution in [-0.2, 0) is 9.47 Å². The van der Waals surface area contributed by atoms with Crippen molar-refractivity contribution in [3.05, 3.63) is 24.0 Å². The van der Waals surface area contributed by atoms with Crippen molar-refractivity contribution in [1.82, 2.24) is 4.98 Å². The molecule has 1 atom stereocenters. The normalized spacial score (nSPS) is 22.0. The number of methoxy groups -OCH3 is 1. The fourth-order valence-electron chi connectivity index (χ4n) is 2.44. The Labute approximate surface area is 113 Å². The molecule has 102 valence electrons. The molecule has 0 saturated carbocycles. The van der Waals surface area contributed by atoms with Crippen LogP contribution in [0.2, 0.25) is 0 Å². The van der Waals surface area contributed by atoms with Gasteiger partial charge in [-0.3, -0.25) is 0 Å². The second-order valence-electron chi connectivity index (χ2n) is 5.35. The molecule has 1 aliphatic heterocycles. The Bertz CT molecular complexity index is 482. The van der Waals surface area contributed by atoms with Crippen molar-refractivity contribution in [3.63, 3.8) is 0 Å². The van der Waals surface area contributed by atoms with Crippen LogP contribution >= 0.6 is 0 Å². The quantitative estimate of drug-likeness (QED) is 0.827. The zero-order valence-electron chi connectivity index (χ0n) is 11.6. The number of ether oxygens (including phenoxy) is 2. The van der Waals surface area contributed by atoms with Crippen LogP contribution in [0.5, 0.6) is 0 Å². The maximum atomic E-state index is 8.92. The Morgan fingerprint density at radius 2 is 2.42 bits per heavy atom. The van der Waals surface area contributed by atoms with Gasteiger partial charge in [-0.05, 0) is 26.0 Å². The first-order chi connectivity index (χ1) is 9.04. The molecule has 19 heavy (non-hydrogen) atoms. The highest BCUT2D eigenvalue weighted by atomic mass is 16.5. The summed E-state index contributed by atoms with van der Waals surface area (Å²) in [4.78, 5) is 6.22. The van der Waals surface area contributed by atoms with Crippen LogP contribution in [0, 0.1) is 11.3 Å². The maximum absolute atomic E-state index is 8.92. The third kappa shape index (κ3) is 3.43. The summed E-state index contributed by atoms with van der Waals surface area (Å²) in [5.41, 5.74) is 1.20. The molecule has 0 aromatic carbocycles. The lowest BCUT2D eigenvalue weighted by Gasteiger charge is -2.43. The molecule has 1 fully saturated rings. The van der Waals surface area contributed by atoms with Crippen LogP contribution < -0.4 is 4.90 Å². The molecule has 0 spiro atoms. The Morgan fingerprint density at radius 3 is 3.11 bits per heavy atom. The molecule has 1 aromatic rings. The van der Waals surface area contributed by atoms with E-state index in [-0.39, 0.29) is 11.7 Å². The van der Waals surface area contributed by atoms with Crippen molar-refractivity contribution in [2.45, 2.75) is 25.6 Å². The monoisotopic (exact) mass is 261 g/mol. The average molecular weight is 261 g/mol. The molecule has 0 amide bonds. The number of nitriles is 1. The maximum Gasteiger partial charge on any atom is 0.142 e. The lowest BCUT2D eigenvalue weighted by molar-refractivity contribution is -0.106. The van der Waals surface area contributed by atoms with E-state index in [0.717, 1.165) is 18.8 Å². The van der Waals surface area contributed by atoms with E-state index in [4.69, 9.17) is 14.7 Å². The molecule has 5 heteroatoms. The zero-order chi connectivity index (χ0) is 13.9. The Morgan fingerprint density at radius 1 is 1.63 bits per heavy atom. The summed E-state index contributed by atoms with van der Waals surface area (Å²) in [7, 11) is 1.68. The standard InChI is InChI=1S/C14H19N3O2/c1-14(2)10-17(8-13(19-14)9-18-3)12-4-5-16-11(6-12)7-15/h4-6,13H,8-10H2,1-3H3. The van der Waals surface area contributed by atoms with Gasteiger partial charge in [-0.1, -0.05) is 0 Å². The molecule has 0 N–H and O–H groups in total. The topological polar surface area (TPSA) is 58.4 Å². The molecular formula is C14H19N3O2. The second-order valence-corrected chi connectivity index (χ2v) is 5.35. The first-order valence-corrected chi connectivity index (χ1v) is 6.32. The summed E-state index contributed by atoms with van der Waals surface area (Å²) >= 11 is 0. The number of pyridine rings is 1. The van der Waals surface area contributed by atoms with Gasteiger partial charge in [0.1, 0.15) is 11.8 Å². The van der Waals surface area contributed by atoms with Crippen molar-refractivity contribution in [3.8, 4) is 6.07 Å². The summed E-state index contributed by atoms with van der Waals surface area (Å²) in [6.45, 7) is 6.23. The van der Waals surface area contributed by atoms with Crippen LogP contribution in [0.4, 0.5) is 5.69 Å². The summed E-state index contributed by atoms with van der Waals surface area (Å²) in [5.74, 6) is 0. The van der Waals surface area contributed by atoms with Crippen molar-refractivity contribution < 1.29 is 9.47 Å². The van der Waals surface area contributed by atoms with Gasteiger partial charge in [-0.2, -0.15) is 5.26 Å². The number of hydrogen-bond donors (Lipinski definition) is 0. The highest BCUT2D eigenvalue weighted by Gasteiger charge is 2.33. The third-order valence-corrected chi connectivity index (χ3v) is 3.06. The fraction of sp³-hybridized carbons (Fsp3) is 0.571. The van der Waals surface area contributed by atoms with Crippen molar-refractivity contribution in [1.29, 1.82) is 5.26 Å². The molecule has 2 rings (SSSR count). The van der Waals surface area contributed by atoms with Crippen LogP contribution in [0.1, 0.15) is 19.5 Å². The van der Waals surface area contributed by atoms with Crippen molar-refractivity contribution >= 4 is 5.69 Å². The molecule has 1 aliphatic rings. The predicted octanol–water partition coefficient (Wildman–Crippen LogP) is 1.58. The first kappa shape index (κ1) is 13.8. The van der Waals surface area contributed by atoms with E-state index < -0.39 is 0 Å². The zero-order valence-corrected chi connectivity index (χ0v) is 11.6. The number of anilines is 1. The highest BCUT2D eigenvalue weighted by Crippen LogP contribution is 2.26. The summed E-state index contributed by atoms with van der Waals surface area (Å²) < 4.78 is 11.2. The summed E-state index contributed by atoms with van der Waals surface area (Å²) in [6, 6.07) is 5.80. The molecule has 1 saturated heterocycles. The van der Waals surface area contributed by atoms with Crippen LogP contribution in [0.15, 0.2) is 18.3 Å². The van der Waals surface area contributed by atoms with E-state index in [0.29, 0.717) is 12.3 Å².